The van der Waals surface area contributed by atoms with E-state index in [0.717, 1.165) is 28.3 Å². The molecule has 4 aromatic rings. The molecule has 0 atom stereocenters. The van der Waals surface area contributed by atoms with Crippen molar-refractivity contribution in [1.82, 2.24) is 24.2 Å². The molecule has 138 valence electrons. The molecule has 1 aromatic carbocycles. The van der Waals surface area contributed by atoms with Crippen molar-refractivity contribution in [3.63, 3.8) is 0 Å². The van der Waals surface area contributed by atoms with E-state index in [9.17, 15) is 8.42 Å². The van der Waals surface area contributed by atoms with Crippen LogP contribution in [0.3, 0.4) is 0 Å². The smallest absolute Gasteiger partial charge is 0.245 e. The highest BCUT2D eigenvalue weighted by atomic mass is 79.9. The topological polar surface area (TPSA) is 94.7 Å². The van der Waals surface area contributed by atoms with Crippen molar-refractivity contribution < 1.29 is 8.42 Å². The van der Waals surface area contributed by atoms with Crippen molar-refractivity contribution in [3.05, 3.63) is 41.0 Å². The fourth-order valence-electron chi connectivity index (χ4n) is 3.60. The normalized spacial score (nSPS) is 15.9. The lowest BCUT2D eigenvalue weighted by Crippen LogP contribution is -2.28. The summed E-state index contributed by atoms with van der Waals surface area (Å²) in [6.07, 6.45) is 3.43. The average molecular weight is 446 g/mol. The van der Waals surface area contributed by atoms with Gasteiger partial charge in [0.2, 0.25) is 10.0 Å². The molecule has 0 saturated carbocycles. The van der Waals surface area contributed by atoms with E-state index < -0.39 is 10.0 Å². The Morgan fingerprint density at radius 1 is 1.07 bits per heavy atom. The largest absolute Gasteiger partial charge is 0.351 e. The third-order valence-electron chi connectivity index (χ3n) is 4.87. The first-order chi connectivity index (χ1) is 13.0. The van der Waals surface area contributed by atoms with Gasteiger partial charge in [-0.2, -0.15) is 4.31 Å². The molecule has 1 saturated heterocycles. The number of benzene rings is 1. The fourth-order valence-corrected chi connectivity index (χ4v) is 5.81. The van der Waals surface area contributed by atoms with Crippen molar-refractivity contribution in [1.29, 1.82) is 0 Å². The molecule has 0 radical (unpaired) electrons. The second-order valence-electron chi connectivity index (χ2n) is 6.59. The molecule has 0 unspecified atom stereocenters. The Hall–Kier alpha value is -2.23. The summed E-state index contributed by atoms with van der Waals surface area (Å²) in [5.74, 6) is 0.466. The van der Waals surface area contributed by atoms with Gasteiger partial charge in [0.1, 0.15) is 10.6 Å². The van der Waals surface area contributed by atoms with Gasteiger partial charge in [-0.05, 0) is 43.2 Å². The van der Waals surface area contributed by atoms with E-state index in [0.29, 0.717) is 35.6 Å². The van der Waals surface area contributed by atoms with Gasteiger partial charge in [0.25, 0.3) is 0 Å². The Morgan fingerprint density at radius 2 is 1.89 bits per heavy atom. The molecule has 0 amide bonds. The van der Waals surface area contributed by atoms with E-state index in [4.69, 9.17) is 0 Å². The number of nitrogens with one attached hydrogen (secondary N) is 2. The van der Waals surface area contributed by atoms with Gasteiger partial charge < -0.3 is 9.97 Å². The number of halogens is 1. The number of fused-ring (bicyclic) bond motifs is 2. The van der Waals surface area contributed by atoms with E-state index in [2.05, 4.69) is 35.9 Å². The van der Waals surface area contributed by atoms with E-state index in [1.165, 1.54) is 0 Å². The number of aromatic amines is 2. The monoisotopic (exact) mass is 445 g/mol. The third-order valence-corrected chi connectivity index (χ3v) is 7.35. The van der Waals surface area contributed by atoms with Crippen molar-refractivity contribution in [3.8, 4) is 11.5 Å². The van der Waals surface area contributed by atoms with Crippen LogP contribution in [0, 0.1) is 0 Å². The molecule has 7 nitrogen and oxygen atoms in total. The highest BCUT2D eigenvalue weighted by Crippen LogP contribution is 2.37. The Labute approximate surface area is 164 Å². The molecular formula is C18H16BrN5O2S. The first-order valence-corrected chi connectivity index (χ1v) is 10.9. The Kier molecular flexibility index (Phi) is 3.85. The van der Waals surface area contributed by atoms with Crippen LogP contribution in [-0.4, -0.2) is 45.7 Å². The maximum absolute atomic E-state index is 13.5. The second-order valence-corrected chi connectivity index (χ2v) is 9.38. The number of nitrogens with zero attached hydrogens (tertiary/aromatic N) is 3. The summed E-state index contributed by atoms with van der Waals surface area (Å²) in [6, 6.07) is 9.27. The van der Waals surface area contributed by atoms with Gasteiger partial charge in [-0.25, -0.2) is 18.4 Å². The molecule has 0 aliphatic carbocycles. The lowest BCUT2D eigenvalue weighted by atomic mass is 10.2. The molecule has 5 rings (SSSR count). The number of aromatic nitrogens is 4. The molecule has 1 fully saturated rings. The quantitative estimate of drug-likeness (QED) is 0.502. The molecule has 3 aromatic heterocycles. The molecule has 9 heteroatoms. The summed E-state index contributed by atoms with van der Waals surface area (Å²) in [7, 11) is -3.65. The summed E-state index contributed by atoms with van der Waals surface area (Å²) in [5.41, 5.74) is 2.53. The third kappa shape index (κ3) is 2.69. The summed E-state index contributed by atoms with van der Waals surface area (Å²) in [6.45, 7) is 1.09. The number of hydrogen-bond acceptors (Lipinski definition) is 4. The number of H-pyrrole nitrogens is 2. The first-order valence-electron chi connectivity index (χ1n) is 8.66. The number of sulfonamides is 1. The van der Waals surface area contributed by atoms with E-state index >= 15 is 0 Å². The van der Waals surface area contributed by atoms with Crippen LogP contribution in [0.15, 0.2) is 45.9 Å². The maximum Gasteiger partial charge on any atom is 0.245 e. The van der Waals surface area contributed by atoms with Gasteiger partial charge in [-0.15, -0.1) is 0 Å². The highest BCUT2D eigenvalue weighted by Gasteiger charge is 2.33. The van der Waals surface area contributed by atoms with Gasteiger partial charge >= 0.3 is 0 Å². The number of pyridine rings is 1. The molecule has 1 aliphatic heterocycles. The van der Waals surface area contributed by atoms with Crippen molar-refractivity contribution in [2.75, 3.05) is 13.1 Å². The molecule has 2 N–H and O–H groups in total. The van der Waals surface area contributed by atoms with Crippen LogP contribution in [0.1, 0.15) is 12.8 Å². The lowest BCUT2D eigenvalue weighted by molar-refractivity contribution is 0.478. The molecule has 0 spiro atoms. The Bertz CT molecular complexity index is 1240. The predicted molar refractivity (Wildman–Crippen MR) is 107 cm³/mol. The van der Waals surface area contributed by atoms with Gasteiger partial charge in [0.15, 0.2) is 11.5 Å². The van der Waals surface area contributed by atoms with Crippen LogP contribution in [0.2, 0.25) is 0 Å². The zero-order valence-corrected chi connectivity index (χ0v) is 16.6. The van der Waals surface area contributed by atoms with Crippen LogP contribution in [0.5, 0.6) is 0 Å². The summed E-state index contributed by atoms with van der Waals surface area (Å²) >= 11 is 3.45. The van der Waals surface area contributed by atoms with Crippen LogP contribution in [0.25, 0.3) is 33.6 Å². The summed E-state index contributed by atoms with van der Waals surface area (Å²) < 4.78 is 29.3. The minimum absolute atomic E-state index is 0.264. The van der Waals surface area contributed by atoms with E-state index in [1.807, 2.05) is 30.3 Å². The van der Waals surface area contributed by atoms with E-state index in [1.54, 1.807) is 10.5 Å². The van der Waals surface area contributed by atoms with Gasteiger partial charge in [-0.3, -0.25) is 0 Å². The fraction of sp³-hybridized carbons (Fsp3) is 0.222. The maximum atomic E-state index is 13.5. The average Bonchev–Trinajstić information content (AvgIpc) is 3.38. The minimum atomic E-state index is -3.65. The first kappa shape index (κ1) is 16.9. The molecule has 1 aliphatic rings. The lowest BCUT2D eigenvalue weighted by Gasteiger charge is -2.16. The standard InChI is InChI=1S/C18H16BrN5O2S/c19-11-5-6-13-12(10-11)16(27(25,26)24-8-1-2-9-24)15(21-13)18-22-14-4-3-7-20-17(14)23-18/h3-7,10,21H,1-2,8-9H2,(H,20,22,23). The van der Waals surface area contributed by atoms with E-state index in [-0.39, 0.29) is 4.90 Å². The number of imidazole rings is 1. The molecule has 4 heterocycles. The highest BCUT2D eigenvalue weighted by molar-refractivity contribution is 9.10. The second kappa shape index (κ2) is 6.15. The number of rotatable bonds is 3. The van der Waals surface area contributed by atoms with Crippen LogP contribution >= 0.6 is 15.9 Å². The van der Waals surface area contributed by atoms with Crippen molar-refractivity contribution in [2.24, 2.45) is 0 Å². The summed E-state index contributed by atoms with van der Waals surface area (Å²) in [5, 5.41) is 0.652. The Balaban J connectivity index is 1.81. The molecular weight excluding hydrogens is 430 g/mol. The molecule has 0 bridgehead atoms. The van der Waals surface area contributed by atoms with Crippen LogP contribution in [-0.2, 0) is 10.0 Å². The molecule has 27 heavy (non-hydrogen) atoms. The summed E-state index contributed by atoms with van der Waals surface area (Å²) in [4.78, 5) is 15.5. The number of hydrogen-bond donors (Lipinski definition) is 2. The van der Waals surface area contributed by atoms with Gasteiger partial charge in [-0.1, -0.05) is 15.9 Å². The zero-order valence-electron chi connectivity index (χ0n) is 14.2. The van der Waals surface area contributed by atoms with Crippen LogP contribution in [0.4, 0.5) is 0 Å². The predicted octanol–water partition coefficient (Wildman–Crippen LogP) is 3.65. The Morgan fingerprint density at radius 3 is 2.67 bits per heavy atom. The van der Waals surface area contributed by atoms with Gasteiger partial charge in [0.05, 0.1) is 5.52 Å². The van der Waals surface area contributed by atoms with Crippen LogP contribution < -0.4 is 0 Å². The van der Waals surface area contributed by atoms with Gasteiger partial charge in [0, 0.05) is 34.7 Å². The minimum Gasteiger partial charge on any atom is -0.351 e. The SMILES string of the molecule is O=S(=O)(c1c(-c2nc3ncccc3[nH]2)[nH]c2ccc(Br)cc12)N1CCCC1. The zero-order chi connectivity index (χ0) is 18.6. The van der Waals surface area contributed by atoms with Crippen molar-refractivity contribution in [2.45, 2.75) is 17.7 Å². The van der Waals surface area contributed by atoms with Crippen molar-refractivity contribution >= 4 is 48.0 Å².